The van der Waals surface area contributed by atoms with Crippen molar-refractivity contribution in [2.75, 3.05) is 13.6 Å². The Morgan fingerprint density at radius 1 is 1.24 bits per heavy atom. The number of hydrazine groups is 1. The predicted octanol–water partition coefficient (Wildman–Crippen LogP) is 2.76. The molecule has 6 heteroatoms. The monoisotopic (exact) mass is 343 g/mol. The second-order valence-corrected chi connectivity index (χ2v) is 8.16. The molecule has 0 spiro atoms. The minimum Gasteiger partial charge on any atom is -0.338 e. The summed E-state index contributed by atoms with van der Waals surface area (Å²) < 4.78 is 5.45. The molecule has 25 heavy (non-hydrogen) atoms. The van der Waals surface area contributed by atoms with Gasteiger partial charge in [-0.05, 0) is 31.4 Å². The van der Waals surface area contributed by atoms with E-state index in [4.69, 9.17) is 4.52 Å². The average molecular weight is 343 g/mol. The highest BCUT2D eigenvalue weighted by molar-refractivity contribution is 5.58. The van der Waals surface area contributed by atoms with Gasteiger partial charge in [-0.1, -0.05) is 50.2 Å². The van der Waals surface area contributed by atoms with Gasteiger partial charge in [0.25, 0.3) is 0 Å². The normalized spacial score (nSPS) is 21.2. The van der Waals surface area contributed by atoms with E-state index in [1.165, 1.54) is 0 Å². The van der Waals surface area contributed by atoms with Gasteiger partial charge < -0.3 is 4.52 Å². The lowest BCUT2D eigenvalue weighted by Crippen LogP contribution is -2.41. The minimum absolute atomic E-state index is 0.259. The van der Waals surface area contributed by atoms with E-state index in [0.29, 0.717) is 30.3 Å². The molecule has 1 aliphatic rings. The van der Waals surface area contributed by atoms with Gasteiger partial charge in [0.1, 0.15) is 0 Å². The van der Waals surface area contributed by atoms with E-state index in [-0.39, 0.29) is 5.41 Å². The van der Waals surface area contributed by atoms with Crippen molar-refractivity contribution < 1.29 is 4.52 Å². The Balaban J connectivity index is 1.56. The molecule has 1 saturated heterocycles. The Bertz CT molecular complexity index is 706. The van der Waals surface area contributed by atoms with Gasteiger partial charge in [-0.2, -0.15) is 4.98 Å². The summed E-state index contributed by atoms with van der Waals surface area (Å²) in [6.45, 7) is 10.4. The lowest BCUT2D eigenvalue weighted by molar-refractivity contribution is 0.245. The van der Waals surface area contributed by atoms with E-state index in [0.717, 1.165) is 24.1 Å². The topological polar surface area (TPSA) is 66.2 Å². The maximum atomic E-state index is 5.45. The zero-order chi connectivity index (χ0) is 18.0. The van der Waals surface area contributed by atoms with E-state index in [1.807, 2.05) is 18.2 Å². The van der Waals surface area contributed by atoms with Crippen LogP contribution < -0.4 is 10.9 Å². The van der Waals surface area contributed by atoms with Crippen molar-refractivity contribution in [1.82, 2.24) is 25.9 Å². The Morgan fingerprint density at radius 3 is 2.68 bits per heavy atom. The maximum absolute atomic E-state index is 5.45. The lowest BCUT2D eigenvalue weighted by atomic mass is 9.84. The van der Waals surface area contributed by atoms with E-state index in [2.05, 4.69) is 66.7 Å². The van der Waals surface area contributed by atoms with Crippen LogP contribution in [0.1, 0.15) is 38.6 Å². The van der Waals surface area contributed by atoms with Gasteiger partial charge >= 0.3 is 0 Å². The molecule has 3 rings (SSSR count). The first kappa shape index (κ1) is 18.0. The number of hydrogen-bond acceptors (Lipinski definition) is 6. The molecule has 0 aliphatic carbocycles. The number of hydrogen-bond donors (Lipinski definition) is 2. The molecular formula is C19H29N5O. The zero-order valence-corrected chi connectivity index (χ0v) is 15.8. The first-order chi connectivity index (χ1) is 11.8. The summed E-state index contributed by atoms with van der Waals surface area (Å²) in [7, 11) is 2.09. The lowest BCUT2D eigenvalue weighted by Gasteiger charge is -2.26. The summed E-state index contributed by atoms with van der Waals surface area (Å²) in [6, 6.07) is 9.00. The highest BCUT2D eigenvalue weighted by Gasteiger charge is 2.32. The fourth-order valence-electron chi connectivity index (χ4n) is 3.24. The molecule has 2 atom stereocenters. The van der Waals surface area contributed by atoms with Crippen molar-refractivity contribution in [1.29, 1.82) is 0 Å². The molecule has 0 saturated carbocycles. The summed E-state index contributed by atoms with van der Waals surface area (Å²) in [5, 5.41) is 4.14. The van der Waals surface area contributed by atoms with Crippen molar-refractivity contribution in [2.45, 2.75) is 52.7 Å². The van der Waals surface area contributed by atoms with Gasteiger partial charge in [0, 0.05) is 24.2 Å². The van der Waals surface area contributed by atoms with Crippen LogP contribution in [-0.4, -0.2) is 40.7 Å². The van der Waals surface area contributed by atoms with E-state index < -0.39 is 0 Å². The van der Waals surface area contributed by atoms with Crippen LogP contribution in [0.25, 0.3) is 11.4 Å². The third kappa shape index (κ3) is 4.45. The SMILES string of the molecule is Cc1ccccc1-c1noc(CN(C)CC2CC(C(C)(C)C)NN2)n1. The standard InChI is InChI=1S/C19H29N5O/c1-13-8-6-7-9-15(13)18-20-17(25-23-18)12-24(5)11-14-10-16(22-21-14)19(2,3)4/h6-9,14,16,21-22H,10-12H2,1-5H3. The number of nitrogens with one attached hydrogen (secondary N) is 2. The minimum atomic E-state index is 0.259. The molecule has 0 radical (unpaired) electrons. The number of aryl methyl sites for hydroxylation is 1. The van der Waals surface area contributed by atoms with Crippen LogP contribution in [-0.2, 0) is 6.54 Å². The molecule has 2 heterocycles. The Kier molecular flexibility index (Phi) is 5.22. The van der Waals surface area contributed by atoms with Crippen LogP contribution >= 0.6 is 0 Å². The maximum Gasteiger partial charge on any atom is 0.241 e. The van der Waals surface area contributed by atoms with Crippen LogP contribution in [0.5, 0.6) is 0 Å². The third-order valence-electron chi connectivity index (χ3n) is 4.82. The first-order valence-electron chi connectivity index (χ1n) is 8.91. The van der Waals surface area contributed by atoms with Gasteiger partial charge in [-0.25, -0.2) is 0 Å². The number of nitrogens with zero attached hydrogens (tertiary/aromatic N) is 3. The van der Waals surface area contributed by atoms with E-state index in [9.17, 15) is 0 Å². The number of benzene rings is 1. The highest BCUT2D eigenvalue weighted by atomic mass is 16.5. The molecule has 2 N–H and O–H groups in total. The van der Waals surface area contributed by atoms with E-state index in [1.54, 1.807) is 0 Å². The predicted molar refractivity (Wildman–Crippen MR) is 98.7 cm³/mol. The molecule has 0 bridgehead atoms. The van der Waals surface area contributed by atoms with Crippen molar-refractivity contribution in [3.8, 4) is 11.4 Å². The fourth-order valence-corrected chi connectivity index (χ4v) is 3.24. The van der Waals surface area contributed by atoms with Gasteiger partial charge in [0.15, 0.2) is 0 Å². The Labute approximate surface area is 150 Å². The molecule has 0 amide bonds. The average Bonchev–Trinajstić information content (AvgIpc) is 3.17. The molecular weight excluding hydrogens is 314 g/mol. The Morgan fingerprint density at radius 2 is 2.00 bits per heavy atom. The second kappa shape index (κ2) is 7.23. The molecule has 6 nitrogen and oxygen atoms in total. The summed E-state index contributed by atoms with van der Waals surface area (Å²) >= 11 is 0. The van der Waals surface area contributed by atoms with Crippen LogP contribution in [0.15, 0.2) is 28.8 Å². The van der Waals surface area contributed by atoms with Crippen LogP contribution in [0, 0.1) is 12.3 Å². The van der Waals surface area contributed by atoms with E-state index >= 15 is 0 Å². The smallest absolute Gasteiger partial charge is 0.241 e. The molecule has 136 valence electrons. The van der Waals surface area contributed by atoms with Crippen molar-refractivity contribution >= 4 is 0 Å². The Hall–Kier alpha value is -1.76. The summed E-state index contributed by atoms with van der Waals surface area (Å²) in [6.07, 6.45) is 1.12. The summed E-state index contributed by atoms with van der Waals surface area (Å²) in [4.78, 5) is 6.78. The molecule has 2 unspecified atom stereocenters. The molecule has 1 aromatic heterocycles. The highest BCUT2D eigenvalue weighted by Crippen LogP contribution is 2.25. The first-order valence-corrected chi connectivity index (χ1v) is 8.91. The number of rotatable bonds is 5. The largest absolute Gasteiger partial charge is 0.338 e. The van der Waals surface area contributed by atoms with Crippen LogP contribution in [0.3, 0.4) is 0 Å². The molecule has 1 fully saturated rings. The fraction of sp³-hybridized carbons (Fsp3) is 0.579. The molecule has 2 aromatic rings. The van der Waals surface area contributed by atoms with Crippen LogP contribution in [0.4, 0.5) is 0 Å². The van der Waals surface area contributed by atoms with Crippen molar-refractivity contribution in [2.24, 2.45) is 5.41 Å². The second-order valence-electron chi connectivity index (χ2n) is 8.16. The summed E-state index contributed by atoms with van der Waals surface area (Å²) in [5.41, 5.74) is 9.26. The van der Waals surface area contributed by atoms with Gasteiger partial charge in [-0.3, -0.25) is 15.8 Å². The number of likely N-dealkylation sites (N-methyl/N-ethyl adjacent to an activating group) is 1. The number of aromatic nitrogens is 2. The summed E-state index contributed by atoms with van der Waals surface area (Å²) in [5.74, 6) is 1.31. The molecule has 1 aromatic carbocycles. The van der Waals surface area contributed by atoms with Gasteiger partial charge in [0.05, 0.1) is 6.54 Å². The van der Waals surface area contributed by atoms with Gasteiger partial charge in [0.2, 0.25) is 11.7 Å². The van der Waals surface area contributed by atoms with Gasteiger partial charge in [-0.15, -0.1) is 0 Å². The van der Waals surface area contributed by atoms with Crippen molar-refractivity contribution in [3.05, 3.63) is 35.7 Å². The zero-order valence-electron chi connectivity index (χ0n) is 15.8. The third-order valence-corrected chi connectivity index (χ3v) is 4.82. The van der Waals surface area contributed by atoms with Crippen LogP contribution in [0.2, 0.25) is 0 Å². The quantitative estimate of drug-likeness (QED) is 0.870. The van der Waals surface area contributed by atoms with Crippen molar-refractivity contribution in [3.63, 3.8) is 0 Å². The molecule has 1 aliphatic heterocycles.